The fourth-order valence-corrected chi connectivity index (χ4v) is 4.24. The van der Waals surface area contributed by atoms with E-state index < -0.39 is 0 Å². The number of morpholine rings is 1. The summed E-state index contributed by atoms with van der Waals surface area (Å²) in [7, 11) is 0. The van der Waals surface area contributed by atoms with Crippen LogP contribution in [-0.4, -0.2) is 61.8 Å². The fourth-order valence-electron chi connectivity index (χ4n) is 3.37. The second-order valence-electron chi connectivity index (χ2n) is 6.26. The predicted molar refractivity (Wildman–Crippen MR) is 92.9 cm³/mol. The van der Waals surface area contributed by atoms with Crippen LogP contribution in [0.15, 0.2) is 17.5 Å². The van der Waals surface area contributed by atoms with Crippen LogP contribution in [0.25, 0.3) is 0 Å². The zero-order valence-electron chi connectivity index (χ0n) is 13.7. The summed E-state index contributed by atoms with van der Waals surface area (Å²) in [4.78, 5) is 18.2. The Morgan fingerprint density at radius 1 is 1.30 bits per heavy atom. The molecule has 23 heavy (non-hydrogen) atoms. The van der Waals surface area contributed by atoms with E-state index in [0.717, 1.165) is 71.6 Å². The second-order valence-corrected chi connectivity index (χ2v) is 7.24. The molecule has 5 nitrogen and oxygen atoms in total. The van der Waals surface area contributed by atoms with Crippen molar-refractivity contribution < 1.29 is 9.53 Å². The molecular formula is C17H27N3O2S. The van der Waals surface area contributed by atoms with Gasteiger partial charge >= 0.3 is 6.03 Å². The number of ether oxygens (including phenoxy) is 1. The molecule has 6 heteroatoms. The van der Waals surface area contributed by atoms with Gasteiger partial charge in [0.25, 0.3) is 0 Å². The van der Waals surface area contributed by atoms with E-state index in [0.29, 0.717) is 0 Å². The van der Waals surface area contributed by atoms with Crippen LogP contribution in [0.2, 0.25) is 0 Å². The number of thiophene rings is 1. The highest BCUT2D eigenvalue weighted by atomic mass is 32.1. The number of hydrogen-bond donors (Lipinski definition) is 1. The predicted octanol–water partition coefficient (Wildman–Crippen LogP) is 2.71. The third-order valence-electron chi connectivity index (χ3n) is 4.67. The van der Waals surface area contributed by atoms with E-state index in [9.17, 15) is 4.79 Å². The first-order valence-electron chi connectivity index (χ1n) is 8.72. The number of unbranched alkanes of at least 4 members (excludes halogenated alkanes) is 1. The van der Waals surface area contributed by atoms with Gasteiger partial charge in [0.15, 0.2) is 0 Å². The van der Waals surface area contributed by atoms with Gasteiger partial charge < -0.3 is 15.0 Å². The number of likely N-dealkylation sites (tertiary alicyclic amines) is 1. The Hall–Kier alpha value is -1.11. The smallest absolute Gasteiger partial charge is 0.317 e. The van der Waals surface area contributed by atoms with Crippen molar-refractivity contribution in [2.45, 2.75) is 31.7 Å². The first kappa shape index (κ1) is 16.7. The number of urea groups is 1. The van der Waals surface area contributed by atoms with Gasteiger partial charge in [0.2, 0.25) is 0 Å². The average Bonchev–Trinajstić information content (AvgIpc) is 3.26. The van der Waals surface area contributed by atoms with Gasteiger partial charge in [-0.3, -0.25) is 4.90 Å². The van der Waals surface area contributed by atoms with Gasteiger partial charge in [-0.05, 0) is 43.7 Å². The van der Waals surface area contributed by atoms with Crippen LogP contribution in [0, 0.1) is 0 Å². The molecule has 2 saturated heterocycles. The molecule has 2 fully saturated rings. The lowest BCUT2D eigenvalue weighted by molar-refractivity contribution is 0.0372. The summed E-state index contributed by atoms with van der Waals surface area (Å²) in [6.07, 6.45) is 4.37. The van der Waals surface area contributed by atoms with Crippen LogP contribution >= 0.6 is 11.3 Å². The maximum Gasteiger partial charge on any atom is 0.317 e. The van der Waals surface area contributed by atoms with E-state index in [1.807, 2.05) is 4.90 Å². The van der Waals surface area contributed by atoms with Crippen molar-refractivity contribution in [3.8, 4) is 0 Å². The zero-order chi connectivity index (χ0) is 15.9. The summed E-state index contributed by atoms with van der Waals surface area (Å²) in [6.45, 7) is 6.57. The number of rotatable bonds is 6. The molecule has 0 saturated carbocycles. The molecule has 1 N–H and O–H groups in total. The maximum atomic E-state index is 12.4. The monoisotopic (exact) mass is 337 g/mol. The highest BCUT2D eigenvalue weighted by molar-refractivity contribution is 7.10. The minimum absolute atomic E-state index is 0.104. The van der Waals surface area contributed by atoms with Crippen molar-refractivity contribution in [3.05, 3.63) is 22.4 Å². The molecule has 0 radical (unpaired) electrons. The van der Waals surface area contributed by atoms with Crippen molar-refractivity contribution in [1.82, 2.24) is 15.1 Å². The van der Waals surface area contributed by atoms with Crippen LogP contribution in [0.3, 0.4) is 0 Å². The molecule has 0 bridgehead atoms. The zero-order valence-corrected chi connectivity index (χ0v) is 14.5. The fraction of sp³-hybridized carbons (Fsp3) is 0.706. The third-order valence-corrected chi connectivity index (χ3v) is 5.64. The molecule has 3 rings (SSSR count). The lowest BCUT2D eigenvalue weighted by Crippen LogP contribution is -2.40. The summed E-state index contributed by atoms with van der Waals surface area (Å²) in [5.74, 6) is 0. The second kappa shape index (κ2) is 8.66. The van der Waals surface area contributed by atoms with Gasteiger partial charge in [-0.2, -0.15) is 0 Å². The number of nitrogens with one attached hydrogen (secondary N) is 1. The van der Waals surface area contributed by atoms with E-state index in [2.05, 4.69) is 27.7 Å². The van der Waals surface area contributed by atoms with Crippen LogP contribution in [0.1, 0.15) is 36.6 Å². The molecular weight excluding hydrogens is 310 g/mol. The van der Waals surface area contributed by atoms with E-state index in [1.165, 1.54) is 4.88 Å². The number of hydrogen-bond acceptors (Lipinski definition) is 4. The SMILES string of the molecule is O=C(NCCCCN1CCOCC1)N1CCC[C@H]1c1cccs1. The third kappa shape index (κ3) is 4.68. The molecule has 0 aliphatic carbocycles. The topological polar surface area (TPSA) is 44.8 Å². The molecule has 2 amide bonds. The lowest BCUT2D eigenvalue weighted by Gasteiger charge is -2.26. The summed E-state index contributed by atoms with van der Waals surface area (Å²) in [5, 5.41) is 5.20. The van der Waals surface area contributed by atoms with E-state index in [4.69, 9.17) is 4.74 Å². The number of amides is 2. The Bertz CT molecular complexity index is 474. The number of carbonyl (C=O) groups excluding carboxylic acids is 1. The van der Waals surface area contributed by atoms with Gasteiger partial charge in [-0.25, -0.2) is 4.79 Å². The van der Waals surface area contributed by atoms with E-state index in [-0.39, 0.29) is 12.1 Å². The van der Waals surface area contributed by atoms with Crippen molar-refractivity contribution in [2.75, 3.05) is 45.9 Å². The Morgan fingerprint density at radius 2 is 2.17 bits per heavy atom. The van der Waals surface area contributed by atoms with Gasteiger partial charge in [0.1, 0.15) is 0 Å². The van der Waals surface area contributed by atoms with E-state index in [1.54, 1.807) is 11.3 Å². The summed E-state index contributed by atoms with van der Waals surface area (Å²) in [6, 6.07) is 4.60. The minimum Gasteiger partial charge on any atom is -0.379 e. The summed E-state index contributed by atoms with van der Waals surface area (Å²) >= 11 is 1.75. The lowest BCUT2D eigenvalue weighted by atomic mass is 10.2. The summed E-state index contributed by atoms with van der Waals surface area (Å²) in [5.41, 5.74) is 0. The highest BCUT2D eigenvalue weighted by Gasteiger charge is 2.30. The standard InChI is InChI=1S/C17H27N3O2S/c21-17(18-7-1-2-8-19-10-12-22-13-11-19)20-9-3-5-15(20)16-6-4-14-23-16/h4,6,14-15H,1-3,5,7-13H2,(H,18,21)/t15-/m0/s1. The molecule has 1 atom stereocenters. The molecule has 0 aromatic carbocycles. The van der Waals surface area contributed by atoms with Crippen molar-refractivity contribution in [2.24, 2.45) is 0 Å². The first-order valence-corrected chi connectivity index (χ1v) is 9.60. The first-order chi connectivity index (χ1) is 11.3. The molecule has 2 aliphatic rings. The van der Waals surface area contributed by atoms with Crippen LogP contribution in [0.4, 0.5) is 4.79 Å². The van der Waals surface area contributed by atoms with Crippen LogP contribution < -0.4 is 5.32 Å². The van der Waals surface area contributed by atoms with Gasteiger partial charge in [0, 0.05) is 31.1 Å². The van der Waals surface area contributed by atoms with Crippen molar-refractivity contribution in [3.63, 3.8) is 0 Å². The molecule has 128 valence electrons. The molecule has 0 spiro atoms. The number of carbonyl (C=O) groups is 1. The molecule has 0 unspecified atom stereocenters. The van der Waals surface area contributed by atoms with Gasteiger partial charge in [0.05, 0.1) is 19.3 Å². The summed E-state index contributed by atoms with van der Waals surface area (Å²) < 4.78 is 5.35. The Labute approximate surface area is 142 Å². The van der Waals surface area contributed by atoms with Crippen LogP contribution in [0.5, 0.6) is 0 Å². The Morgan fingerprint density at radius 3 is 2.96 bits per heavy atom. The van der Waals surface area contributed by atoms with Crippen LogP contribution in [-0.2, 0) is 4.74 Å². The van der Waals surface area contributed by atoms with Gasteiger partial charge in [-0.15, -0.1) is 11.3 Å². The maximum absolute atomic E-state index is 12.4. The Balaban J connectivity index is 1.34. The average molecular weight is 337 g/mol. The molecule has 3 heterocycles. The quantitative estimate of drug-likeness (QED) is 0.812. The highest BCUT2D eigenvalue weighted by Crippen LogP contribution is 2.34. The largest absolute Gasteiger partial charge is 0.379 e. The Kier molecular flexibility index (Phi) is 6.30. The normalized spacial score (nSPS) is 22.4. The number of nitrogens with zero attached hydrogens (tertiary/aromatic N) is 2. The molecule has 2 aliphatic heterocycles. The van der Waals surface area contributed by atoms with E-state index >= 15 is 0 Å². The van der Waals surface area contributed by atoms with Crippen molar-refractivity contribution >= 4 is 17.4 Å². The van der Waals surface area contributed by atoms with Crippen molar-refractivity contribution in [1.29, 1.82) is 0 Å². The minimum atomic E-state index is 0.104. The van der Waals surface area contributed by atoms with Gasteiger partial charge in [-0.1, -0.05) is 6.07 Å². The molecule has 1 aromatic rings. The molecule has 1 aromatic heterocycles.